The van der Waals surface area contributed by atoms with E-state index in [-0.39, 0.29) is 79.9 Å². The van der Waals surface area contributed by atoms with Gasteiger partial charge in [-0.15, -0.1) is 10.2 Å². The van der Waals surface area contributed by atoms with Crippen LogP contribution in [-0.4, -0.2) is 161 Å². The molecule has 0 unspecified atom stereocenters. The summed E-state index contributed by atoms with van der Waals surface area (Å²) in [6, 6.07) is 34.9. The summed E-state index contributed by atoms with van der Waals surface area (Å²) in [4.78, 5) is 74.9. The van der Waals surface area contributed by atoms with E-state index in [9.17, 15) is 19.2 Å². The quantitative estimate of drug-likeness (QED) is 0.0436. The van der Waals surface area contributed by atoms with Crippen LogP contribution < -0.4 is 40.2 Å². The molecule has 4 saturated heterocycles. The Kier molecular flexibility index (Phi) is 29.4. The highest BCUT2D eigenvalue weighted by atomic mass is 35.5. The maximum absolute atomic E-state index is 12.4. The fourth-order valence-corrected chi connectivity index (χ4v) is 12.8. The minimum Gasteiger partial charge on any atom is -0.473 e. The van der Waals surface area contributed by atoms with Crippen LogP contribution in [-0.2, 0) is 45.4 Å². The maximum atomic E-state index is 12.4. The van der Waals surface area contributed by atoms with Crippen LogP contribution in [0.4, 0.5) is 0 Å². The van der Waals surface area contributed by atoms with E-state index in [1.54, 1.807) is 85.5 Å². The summed E-state index contributed by atoms with van der Waals surface area (Å²) < 4.78 is 65.7. The summed E-state index contributed by atoms with van der Waals surface area (Å²) in [5.41, 5.74) is 12.1. The third-order valence-corrected chi connectivity index (χ3v) is 19.9. The molecule has 612 valence electrons. The van der Waals surface area contributed by atoms with Gasteiger partial charge in [-0.25, -0.2) is 15.0 Å². The molecule has 12 aromatic rings. The van der Waals surface area contributed by atoms with Gasteiger partial charge in [0.1, 0.15) is 72.2 Å². The van der Waals surface area contributed by atoms with Crippen LogP contribution in [0.5, 0.6) is 23.5 Å². The zero-order valence-electron chi connectivity index (χ0n) is 65.7. The lowest BCUT2D eigenvalue weighted by atomic mass is 10.1. The molecule has 33 heteroatoms. The van der Waals surface area contributed by atoms with Crippen molar-refractivity contribution in [3.8, 4) is 68.8 Å². The Hall–Kier alpha value is -12.8. The second-order valence-corrected chi connectivity index (χ2v) is 28.4. The Balaban J connectivity index is 0.000000136. The van der Waals surface area contributed by atoms with Crippen LogP contribution in [0.3, 0.4) is 0 Å². The van der Waals surface area contributed by atoms with Crippen LogP contribution in [0, 0.1) is 34.6 Å². The number of carbonyl (C=O) groups excluding carboxylic acids is 4. The van der Waals surface area contributed by atoms with Gasteiger partial charge in [0.2, 0.25) is 23.5 Å². The highest BCUT2D eigenvalue weighted by Gasteiger charge is 2.26. The minimum absolute atomic E-state index is 0.107. The Morgan fingerprint density at radius 3 is 1.14 bits per heavy atom. The smallest absolute Gasteiger partial charge is 0.272 e. The highest BCUT2D eigenvalue weighted by Crippen LogP contribution is 2.31. The topological polar surface area (TPSA) is 397 Å². The summed E-state index contributed by atoms with van der Waals surface area (Å²) in [7, 11) is 0. The number of benzene rings is 1. The first kappa shape index (κ1) is 83.2. The number of nitrogens with one attached hydrogen (secondary N) is 4. The normalized spacial score (nSPS) is 14.5. The molecule has 0 spiro atoms. The number of pyridine rings is 6. The molecule has 0 bridgehead atoms. The van der Waals surface area contributed by atoms with Crippen LogP contribution >= 0.6 is 11.6 Å². The van der Waals surface area contributed by atoms with E-state index in [1.165, 1.54) is 24.2 Å². The molecule has 0 aliphatic carbocycles. The fourth-order valence-electron chi connectivity index (χ4n) is 12.7. The molecular formula is C85H89ClN16O16. The van der Waals surface area contributed by atoms with Gasteiger partial charge in [-0.05, 0) is 147 Å². The van der Waals surface area contributed by atoms with E-state index in [0.29, 0.717) is 150 Å². The largest absolute Gasteiger partial charge is 0.473 e. The fraction of sp³-hybridized carbons (Fsp3) is 0.341. The Labute approximate surface area is 684 Å². The first-order valence-corrected chi connectivity index (χ1v) is 39.1. The Morgan fingerprint density at radius 1 is 0.364 bits per heavy atom. The van der Waals surface area contributed by atoms with E-state index in [1.807, 2.05) is 89.2 Å². The van der Waals surface area contributed by atoms with Gasteiger partial charge in [0.05, 0.1) is 55.4 Å². The molecule has 11 aromatic heterocycles. The van der Waals surface area contributed by atoms with Crippen LogP contribution in [0.15, 0.2) is 177 Å². The van der Waals surface area contributed by atoms with Gasteiger partial charge in [-0.3, -0.25) is 34.1 Å². The summed E-state index contributed by atoms with van der Waals surface area (Å²) >= 11 is 5.90. The molecule has 15 heterocycles. The van der Waals surface area contributed by atoms with E-state index in [2.05, 4.69) is 82.0 Å². The number of amides is 4. The molecule has 4 aliphatic heterocycles. The number of halogens is 1. The number of carbonyl (C=O) groups is 4. The van der Waals surface area contributed by atoms with Crippen molar-refractivity contribution in [3.63, 3.8) is 0 Å². The van der Waals surface area contributed by atoms with Crippen LogP contribution in [0.1, 0.15) is 144 Å². The van der Waals surface area contributed by atoms with Gasteiger partial charge in [0, 0.05) is 156 Å². The van der Waals surface area contributed by atoms with Crippen LogP contribution in [0.25, 0.3) is 45.3 Å². The molecule has 4 amide bonds. The molecule has 0 radical (unpaired) electrons. The number of nitrogens with zero attached hydrogens (tertiary/aromatic N) is 12. The second-order valence-electron chi connectivity index (χ2n) is 28.0. The third kappa shape index (κ3) is 23.3. The first-order valence-electron chi connectivity index (χ1n) is 38.7. The molecule has 4 aliphatic rings. The third-order valence-electron chi connectivity index (χ3n) is 19.6. The van der Waals surface area contributed by atoms with E-state index >= 15 is 0 Å². The van der Waals surface area contributed by atoms with Crippen molar-refractivity contribution in [1.29, 1.82) is 0 Å². The van der Waals surface area contributed by atoms with Crippen molar-refractivity contribution in [2.24, 2.45) is 0 Å². The molecule has 0 atom stereocenters. The zero-order valence-corrected chi connectivity index (χ0v) is 66.5. The number of rotatable bonds is 24. The summed E-state index contributed by atoms with van der Waals surface area (Å²) in [5.74, 6) is 3.57. The Bertz CT molecular complexity index is 4870. The molecule has 32 nitrogen and oxygen atoms in total. The standard InChI is InChI=1S/C23H25N3O4.C21H21ClN4O4.C21H22N4O4.C20H21N5O4/c1-15-3-5-17(6-4-15)22-20(16(2)30-26-22)14-29-21-8-7-18(13-24-21)23(27)25-19-9-11-28-12-10-19;1-13-17(20(26-30-13)18-4-3-15(22)11-23-18)12-29-19-5-2-14(10-24-19)21(27)25-16-6-8-28-9-7-16;1-14-18(20(25-29-14)15-3-2-8-22-11-15)13-28-19-5-4-16(12-23-19)21(26)24-17-6-9-27-10-7-17;1-13-15(19(25-29-13)16-4-2-3-9-21-16)12-28-18-6-5-17(23-24-18)20(26)22-14-7-10-27-11-8-14/h3-8,13,19H,9-12,14H2,1-2H3,(H,25,27);2-5,10-11,16H,6-9,12H2,1H3,(H,25,27);2-5,8,11-12,17H,6-7,9-10,13H2,1H3,(H,24,26);2-6,9,14H,7-8,10-12H2,1H3,(H,22,26). The van der Waals surface area contributed by atoms with Crippen LogP contribution in [0.2, 0.25) is 5.02 Å². The number of aryl methyl sites for hydroxylation is 5. The molecule has 16 rings (SSSR count). The van der Waals surface area contributed by atoms with E-state index in [4.69, 9.17) is 67.6 Å². The van der Waals surface area contributed by atoms with Gasteiger partial charge in [-0.1, -0.05) is 68.1 Å². The zero-order chi connectivity index (χ0) is 82.0. The average Bonchev–Trinajstić information content (AvgIpc) is 1.69. The SMILES string of the molecule is Cc1ccc(-c2noc(C)c2COc2ccc(C(=O)NC3CCOCC3)cn2)cc1.Cc1onc(-c2ccc(Cl)cn2)c1COc1ccc(C(=O)NC2CCOCC2)cn1.Cc1onc(-c2ccccn2)c1COc1ccc(C(=O)NC2CCOCC2)nn1.Cc1onc(-c2cccnc2)c1COc1ccc(C(=O)NC2CCOCC2)cn1. The van der Waals surface area contributed by atoms with Crippen molar-refractivity contribution >= 4 is 35.2 Å². The van der Waals surface area contributed by atoms with Crippen molar-refractivity contribution in [2.45, 2.75) is 137 Å². The summed E-state index contributed by atoms with van der Waals surface area (Å²) in [5, 5.41) is 37.0. The van der Waals surface area contributed by atoms with Crippen molar-refractivity contribution in [2.75, 3.05) is 52.9 Å². The second kappa shape index (κ2) is 41.7. The highest BCUT2D eigenvalue weighted by molar-refractivity contribution is 6.30. The van der Waals surface area contributed by atoms with Gasteiger partial charge < -0.3 is 77.3 Å². The van der Waals surface area contributed by atoms with E-state index in [0.717, 1.165) is 90.4 Å². The molecule has 4 fully saturated rings. The molecule has 4 N–H and O–H groups in total. The summed E-state index contributed by atoms with van der Waals surface area (Å²) in [6.45, 7) is 15.7. The van der Waals surface area contributed by atoms with Crippen molar-refractivity contribution < 1.29 is 75.2 Å². The lowest BCUT2D eigenvalue weighted by Gasteiger charge is -2.23. The molecule has 0 saturated carbocycles. The number of ether oxygens (including phenoxy) is 8. The lowest BCUT2D eigenvalue weighted by Crippen LogP contribution is -2.39. The monoisotopic (exact) mass is 1620 g/mol. The molecular weight excluding hydrogens is 1540 g/mol. The molecule has 118 heavy (non-hydrogen) atoms. The first-order chi connectivity index (χ1) is 57.6. The number of hydrogen-bond donors (Lipinski definition) is 4. The predicted molar refractivity (Wildman–Crippen MR) is 427 cm³/mol. The van der Waals surface area contributed by atoms with Gasteiger partial charge in [0.25, 0.3) is 23.6 Å². The number of hydrogen-bond acceptors (Lipinski definition) is 28. The summed E-state index contributed by atoms with van der Waals surface area (Å²) in [6.07, 6.45) is 17.8. The average molecular weight is 1630 g/mol. The van der Waals surface area contributed by atoms with E-state index < -0.39 is 0 Å². The van der Waals surface area contributed by atoms with Gasteiger partial charge in [0.15, 0.2) is 5.69 Å². The van der Waals surface area contributed by atoms with Crippen molar-refractivity contribution in [1.82, 2.24) is 82.0 Å². The predicted octanol–water partition coefficient (Wildman–Crippen LogP) is 12.7. The van der Waals surface area contributed by atoms with Gasteiger partial charge >= 0.3 is 0 Å². The number of aromatic nitrogens is 12. The maximum Gasteiger partial charge on any atom is 0.272 e. The molecule has 1 aromatic carbocycles. The van der Waals surface area contributed by atoms with Gasteiger partial charge in [-0.2, -0.15) is 0 Å². The Morgan fingerprint density at radius 2 is 0.763 bits per heavy atom. The van der Waals surface area contributed by atoms with Crippen molar-refractivity contribution in [3.05, 3.63) is 237 Å². The lowest BCUT2D eigenvalue weighted by molar-refractivity contribution is 0.0687. The minimum atomic E-state index is -0.247.